The third-order valence-corrected chi connectivity index (χ3v) is 8.18. The van der Waals surface area contributed by atoms with Crippen molar-refractivity contribution in [2.24, 2.45) is 5.92 Å². The van der Waals surface area contributed by atoms with Crippen LogP contribution in [-0.2, 0) is 42.9 Å². The number of carboxylic acid groups (broad SMARTS) is 1. The van der Waals surface area contributed by atoms with Crippen LogP contribution < -0.4 is 10.6 Å². The standard InChI is InChI=1S/C30H35N2O8P/c1-21(2)28(41(37,38)40-26(29(34)35)19-23-14-8-4-9-15-23)32-27(33)25(18-22-12-6-3-7-13-22)31-30(36)39-20-24-16-10-5-11-17-24/h3-17,21,25-26,28H,18-20H2,1-2H3,(H,31,36)(H,32,33)(H,34,35)(H,37,38)/t25-,26?,28?/m0/s1. The fourth-order valence-electron chi connectivity index (χ4n) is 4.08. The highest BCUT2D eigenvalue weighted by Crippen LogP contribution is 2.50. The topological polar surface area (TPSA) is 151 Å². The number of alkyl carbamates (subject to hydrolysis) is 1. The summed E-state index contributed by atoms with van der Waals surface area (Å²) in [6.45, 7) is 3.18. The molecule has 0 heterocycles. The molecule has 0 aliphatic carbocycles. The molecule has 0 saturated heterocycles. The number of amides is 2. The van der Waals surface area contributed by atoms with Crippen LogP contribution in [0.5, 0.6) is 0 Å². The van der Waals surface area contributed by atoms with Crippen LogP contribution in [0.3, 0.4) is 0 Å². The number of rotatable bonds is 14. The molecule has 0 bridgehead atoms. The Balaban J connectivity index is 1.75. The van der Waals surface area contributed by atoms with Gasteiger partial charge in [-0.3, -0.25) is 13.9 Å². The Labute approximate surface area is 239 Å². The van der Waals surface area contributed by atoms with E-state index in [1.54, 1.807) is 92.7 Å². The van der Waals surface area contributed by atoms with Gasteiger partial charge in [0.25, 0.3) is 0 Å². The lowest BCUT2D eigenvalue weighted by Gasteiger charge is -2.30. The molecule has 0 aliphatic rings. The highest BCUT2D eigenvalue weighted by Gasteiger charge is 2.41. The Bertz CT molecular complexity index is 1320. The average molecular weight is 583 g/mol. The molecule has 3 unspecified atom stereocenters. The lowest BCUT2D eigenvalue weighted by atomic mass is 10.1. The largest absolute Gasteiger partial charge is 0.479 e. The summed E-state index contributed by atoms with van der Waals surface area (Å²) in [5.74, 6) is -4.24. The Morgan fingerprint density at radius 1 is 0.780 bits per heavy atom. The van der Waals surface area contributed by atoms with Gasteiger partial charge in [0.15, 0.2) is 6.10 Å². The van der Waals surface area contributed by atoms with Gasteiger partial charge in [0, 0.05) is 12.8 Å². The van der Waals surface area contributed by atoms with E-state index >= 15 is 0 Å². The Hall–Kier alpha value is -3.98. The van der Waals surface area contributed by atoms with Crippen molar-refractivity contribution in [3.63, 3.8) is 0 Å². The highest BCUT2D eigenvalue weighted by molar-refractivity contribution is 7.53. The van der Waals surface area contributed by atoms with Crippen LogP contribution in [0.2, 0.25) is 0 Å². The van der Waals surface area contributed by atoms with E-state index < -0.39 is 49.4 Å². The van der Waals surface area contributed by atoms with Gasteiger partial charge in [0.05, 0.1) is 0 Å². The average Bonchev–Trinajstić information content (AvgIpc) is 2.95. The molecule has 4 N–H and O–H groups in total. The van der Waals surface area contributed by atoms with E-state index in [0.29, 0.717) is 5.56 Å². The van der Waals surface area contributed by atoms with Gasteiger partial charge < -0.3 is 25.4 Å². The second kappa shape index (κ2) is 15.1. The summed E-state index contributed by atoms with van der Waals surface area (Å²) in [7, 11) is -4.73. The van der Waals surface area contributed by atoms with Gasteiger partial charge in [0.1, 0.15) is 18.4 Å². The molecule has 4 atom stereocenters. The smallest absolute Gasteiger partial charge is 0.408 e. The number of carboxylic acids is 1. The summed E-state index contributed by atoms with van der Waals surface area (Å²) >= 11 is 0. The molecule has 0 radical (unpaired) electrons. The summed E-state index contributed by atoms with van der Waals surface area (Å²) < 4.78 is 24.0. The molecule has 0 aromatic heterocycles. The molecular weight excluding hydrogens is 547 g/mol. The first-order valence-corrected chi connectivity index (χ1v) is 14.8. The Morgan fingerprint density at radius 3 is 1.76 bits per heavy atom. The number of hydrogen-bond donors (Lipinski definition) is 4. The van der Waals surface area contributed by atoms with Gasteiger partial charge in [-0.05, 0) is 22.6 Å². The van der Waals surface area contributed by atoms with Gasteiger partial charge in [-0.1, -0.05) is 105 Å². The predicted octanol–water partition coefficient (Wildman–Crippen LogP) is 4.52. The number of carbonyl (C=O) groups excluding carboxylic acids is 2. The molecule has 218 valence electrons. The molecule has 3 aromatic rings. The van der Waals surface area contributed by atoms with E-state index in [1.807, 2.05) is 12.1 Å². The minimum atomic E-state index is -4.73. The molecule has 0 spiro atoms. The fourth-order valence-corrected chi connectivity index (χ4v) is 5.79. The van der Waals surface area contributed by atoms with E-state index in [1.165, 1.54) is 0 Å². The van der Waals surface area contributed by atoms with Crippen LogP contribution in [0.25, 0.3) is 0 Å². The number of ether oxygens (including phenoxy) is 1. The minimum Gasteiger partial charge on any atom is -0.479 e. The summed E-state index contributed by atoms with van der Waals surface area (Å²) in [5, 5.41) is 14.7. The van der Waals surface area contributed by atoms with Crippen molar-refractivity contribution in [3.8, 4) is 0 Å². The Morgan fingerprint density at radius 2 is 1.27 bits per heavy atom. The van der Waals surface area contributed by atoms with Crippen molar-refractivity contribution in [3.05, 3.63) is 108 Å². The first-order chi connectivity index (χ1) is 19.5. The second-order valence-corrected chi connectivity index (χ2v) is 11.7. The van der Waals surface area contributed by atoms with Gasteiger partial charge in [-0.2, -0.15) is 0 Å². The molecular formula is C30H35N2O8P. The monoisotopic (exact) mass is 582 g/mol. The second-order valence-electron chi connectivity index (χ2n) is 9.83. The third-order valence-electron chi connectivity index (χ3n) is 6.19. The third kappa shape index (κ3) is 10.2. The van der Waals surface area contributed by atoms with Crippen LogP contribution in [0.15, 0.2) is 91.0 Å². The maximum absolute atomic E-state index is 13.4. The summed E-state index contributed by atoms with van der Waals surface area (Å²) in [6.07, 6.45) is -2.55. The quantitative estimate of drug-likeness (QED) is 0.203. The van der Waals surface area contributed by atoms with Gasteiger partial charge in [0.2, 0.25) is 5.91 Å². The number of aliphatic carboxylic acids is 1. The normalized spacial score (nSPS) is 14.7. The SMILES string of the molecule is CC(C)C(NC(=O)[C@H](Cc1ccccc1)NC(=O)OCc1ccccc1)P(=O)(O)OC(Cc1ccccc1)C(=O)O. The Kier molecular flexibility index (Phi) is 11.6. The summed E-state index contributed by atoms with van der Waals surface area (Å²) in [4.78, 5) is 48.9. The summed E-state index contributed by atoms with van der Waals surface area (Å²) in [6, 6.07) is 25.3. The van der Waals surface area contributed by atoms with Crippen LogP contribution in [0.1, 0.15) is 30.5 Å². The number of carbonyl (C=O) groups is 3. The first-order valence-electron chi connectivity index (χ1n) is 13.1. The molecule has 10 nitrogen and oxygen atoms in total. The fraction of sp³-hybridized carbons (Fsp3) is 0.300. The molecule has 3 aromatic carbocycles. The van der Waals surface area contributed by atoms with Crippen molar-refractivity contribution in [1.82, 2.24) is 10.6 Å². The van der Waals surface area contributed by atoms with Crippen LogP contribution >= 0.6 is 7.60 Å². The van der Waals surface area contributed by atoms with Gasteiger partial charge >= 0.3 is 19.7 Å². The van der Waals surface area contributed by atoms with Crippen molar-refractivity contribution in [2.45, 2.75) is 51.2 Å². The van der Waals surface area contributed by atoms with Crippen LogP contribution in [0, 0.1) is 5.92 Å². The van der Waals surface area contributed by atoms with Crippen LogP contribution in [0.4, 0.5) is 4.79 Å². The van der Waals surface area contributed by atoms with Crippen molar-refractivity contribution in [2.75, 3.05) is 0 Å². The molecule has 0 fully saturated rings. The predicted molar refractivity (Wildman–Crippen MR) is 153 cm³/mol. The molecule has 41 heavy (non-hydrogen) atoms. The maximum Gasteiger partial charge on any atom is 0.408 e. The highest BCUT2D eigenvalue weighted by atomic mass is 31.2. The molecule has 3 rings (SSSR count). The van der Waals surface area contributed by atoms with Crippen LogP contribution in [-0.4, -0.2) is 45.9 Å². The van der Waals surface area contributed by atoms with E-state index in [0.717, 1.165) is 11.1 Å². The summed E-state index contributed by atoms with van der Waals surface area (Å²) in [5.41, 5.74) is 2.09. The van der Waals surface area contributed by atoms with E-state index in [9.17, 15) is 28.9 Å². The zero-order chi connectivity index (χ0) is 29.8. The number of nitrogens with one attached hydrogen (secondary N) is 2. The number of benzene rings is 3. The number of hydrogen-bond acceptors (Lipinski definition) is 6. The lowest BCUT2D eigenvalue weighted by Crippen LogP contribution is -2.52. The molecule has 0 aliphatic heterocycles. The van der Waals surface area contributed by atoms with E-state index in [-0.39, 0.29) is 19.4 Å². The molecule has 2 amide bonds. The maximum atomic E-state index is 13.4. The molecule has 11 heteroatoms. The van der Waals surface area contributed by atoms with Gasteiger partial charge in [-0.15, -0.1) is 0 Å². The first kappa shape index (κ1) is 31.5. The van der Waals surface area contributed by atoms with E-state index in [2.05, 4.69) is 10.6 Å². The lowest BCUT2D eigenvalue weighted by molar-refractivity contribution is -0.145. The zero-order valence-electron chi connectivity index (χ0n) is 22.9. The van der Waals surface area contributed by atoms with E-state index in [4.69, 9.17) is 9.26 Å². The van der Waals surface area contributed by atoms with Crippen molar-refractivity contribution >= 4 is 25.6 Å². The van der Waals surface area contributed by atoms with Crippen molar-refractivity contribution < 1.29 is 38.2 Å². The minimum absolute atomic E-state index is 0.0152. The van der Waals surface area contributed by atoms with Crippen molar-refractivity contribution in [1.29, 1.82) is 0 Å². The molecule has 0 saturated carbocycles. The van der Waals surface area contributed by atoms with Gasteiger partial charge in [-0.25, -0.2) is 9.59 Å². The zero-order valence-corrected chi connectivity index (χ0v) is 23.8.